The lowest BCUT2D eigenvalue weighted by molar-refractivity contribution is 0.624. The molecule has 2 rings (SSSR count). The van der Waals surface area contributed by atoms with Gasteiger partial charge in [0, 0.05) is 11.5 Å². The van der Waals surface area contributed by atoms with Crippen LogP contribution in [-0.4, -0.2) is 6.04 Å². The summed E-state index contributed by atoms with van der Waals surface area (Å²) in [4.78, 5) is 0. The zero-order chi connectivity index (χ0) is 8.77. The predicted molar refractivity (Wildman–Crippen MR) is 53.6 cm³/mol. The third-order valence-corrected chi connectivity index (χ3v) is 2.81. The first-order valence-corrected chi connectivity index (χ1v) is 4.14. The molecule has 0 bridgehead atoms. The zero-order valence-corrected chi connectivity index (χ0v) is 8.27. The Labute approximate surface area is 83.5 Å². The molecule has 0 amide bonds. The molecule has 13 heavy (non-hydrogen) atoms. The van der Waals surface area contributed by atoms with Crippen LogP contribution in [0.1, 0.15) is 18.9 Å². The van der Waals surface area contributed by atoms with Gasteiger partial charge in [0.05, 0.1) is 0 Å². The average molecular weight is 202 g/mol. The van der Waals surface area contributed by atoms with Crippen LogP contribution < -0.4 is 5.73 Å². The highest BCUT2D eigenvalue weighted by Crippen LogP contribution is 2.46. The minimum absolute atomic E-state index is 0. The molecule has 1 aliphatic carbocycles. The van der Waals surface area contributed by atoms with Gasteiger partial charge in [-0.05, 0) is 24.1 Å². The molecular formula is C10H13ClFN. The Kier molecular flexibility index (Phi) is 2.64. The summed E-state index contributed by atoms with van der Waals surface area (Å²) < 4.78 is 12.6. The summed E-state index contributed by atoms with van der Waals surface area (Å²) in [6.45, 7) is 2.12. The van der Waals surface area contributed by atoms with Gasteiger partial charge in [-0.25, -0.2) is 4.39 Å². The molecule has 1 aliphatic rings. The van der Waals surface area contributed by atoms with Crippen molar-refractivity contribution in [2.45, 2.75) is 24.8 Å². The van der Waals surface area contributed by atoms with Crippen LogP contribution in [0.3, 0.4) is 0 Å². The van der Waals surface area contributed by atoms with E-state index < -0.39 is 0 Å². The largest absolute Gasteiger partial charge is 0.327 e. The summed E-state index contributed by atoms with van der Waals surface area (Å²) in [6, 6.07) is 6.88. The minimum Gasteiger partial charge on any atom is -0.327 e. The molecule has 3 heteroatoms. The van der Waals surface area contributed by atoms with Crippen LogP contribution in [0.15, 0.2) is 24.3 Å². The maximum Gasteiger partial charge on any atom is 0.123 e. The van der Waals surface area contributed by atoms with Crippen LogP contribution in [0.5, 0.6) is 0 Å². The van der Waals surface area contributed by atoms with E-state index in [-0.39, 0.29) is 29.7 Å². The molecule has 0 saturated heterocycles. The summed E-state index contributed by atoms with van der Waals surface area (Å²) in [5.74, 6) is -0.184. The van der Waals surface area contributed by atoms with Crippen LogP contribution in [0.2, 0.25) is 0 Å². The highest BCUT2D eigenvalue weighted by Gasteiger charge is 2.48. The fraction of sp³-hybridized carbons (Fsp3) is 0.400. The van der Waals surface area contributed by atoms with E-state index in [0.29, 0.717) is 0 Å². The van der Waals surface area contributed by atoms with Crippen molar-refractivity contribution in [1.82, 2.24) is 0 Å². The number of rotatable bonds is 1. The zero-order valence-electron chi connectivity index (χ0n) is 7.46. The van der Waals surface area contributed by atoms with E-state index >= 15 is 0 Å². The smallest absolute Gasteiger partial charge is 0.123 e. The number of nitrogens with two attached hydrogens (primary N) is 1. The monoisotopic (exact) mass is 201 g/mol. The maximum absolute atomic E-state index is 12.6. The fourth-order valence-corrected chi connectivity index (χ4v) is 1.56. The molecule has 1 saturated carbocycles. The number of hydrogen-bond donors (Lipinski definition) is 1. The summed E-state index contributed by atoms with van der Waals surface area (Å²) in [5, 5.41) is 0. The maximum atomic E-state index is 12.6. The topological polar surface area (TPSA) is 26.0 Å². The second kappa shape index (κ2) is 3.28. The van der Waals surface area contributed by atoms with Gasteiger partial charge in [-0.3, -0.25) is 0 Å². The molecular weight excluding hydrogens is 189 g/mol. The molecule has 0 aliphatic heterocycles. The van der Waals surface area contributed by atoms with Crippen molar-refractivity contribution >= 4 is 12.4 Å². The molecule has 1 aromatic carbocycles. The second-order valence-electron chi connectivity index (χ2n) is 3.73. The van der Waals surface area contributed by atoms with Crippen molar-refractivity contribution in [3.8, 4) is 0 Å². The molecule has 1 aromatic rings. The van der Waals surface area contributed by atoms with Crippen LogP contribution in [-0.2, 0) is 5.41 Å². The molecule has 1 fully saturated rings. The van der Waals surface area contributed by atoms with E-state index in [9.17, 15) is 4.39 Å². The first kappa shape index (κ1) is 10.5. The fourth-order valence-electron chi connectivity index (χ4n) is 1.56. The first-order valence-electron chi connectivity index (χ1n) is 4.14. The first-order chi connectivity index (χ1) is 5.63. The van der Waals surface area contributed by atoms with Crippen LogP contribution in [0.25, 0.3) is 0 Å². The van der Waals surface area contributed by atoms with E-state index in [4.69, 9.17) is 5.73 Å². The Hall–Kier alpha value is -0.600. The van der Waals surface area contributed by atoms with Crippen molar-refractivity contribution in [2.75, 3.05) is 0 Å². The second-order valence-corrected chi connectivity index (χ2v) is 3.73. The summed E-state index contributed by atoms with van der Waals surface area (Å²) >= 11 is 0. The van der Waals surface area contributed by atoms with Crippen molar-refractivity contribution in [3.63, 3.8) is 0 Å². The van der Waals surface area contributed by atoms with Crippen molar-refractivity contribution in [3.05, 3.63) is 35.6 Å². The van der Waals surface area contributed by atoms with Gasteiger partial charge in [-0.15, -0.1) is 12.4 Å². The Bertz CT molecular complexity index is 298. The molecule has 2 atom stereocenters. The molecule has 1 nitrogen and oxygen atoms in total. The van der Waals surface area contributed by atoms with Crippen molar-refractivity contribution < 1.29 is 4.39 Å². The minimum atomic E-state index is -0.184. The standard InChI is InChI=1S/C10H12FN.ClH/c1-10(6-9(10)12)7-2-4-8(11)5-3-7;/h2-5,9H,6,12H2,1H3;1H/t9-,10+;/m0./s1. The van der Waals surface area contributed by atoms with Gasteiger partial charge in [0.2, 0.25) is 0 Å². The van der Waals surface area contributed by atoms with Gasteiger partial charge >= 0.3 is 0 Å². The Morgan fingerprint density at radius 1 is 1.38 bits per heavy atom. The Morgan fingerprint density at radius 3 is 2.23 bits per heavy atom. The number of halogens is 2. The van der Waals surface area contributed by atoms with Crippen molar-refractivity contribution in [2.24, 2.45) is 5.73 Å². The van der Waals surface area contributed by atoms with Gasteiger partial charge in [0.1, 0.15) is 5.82 Å². The molecule has 0 aromatic heterocycles. The lowest BCUT2D eigenvalue weighted by Crippen LogP contribution is -2.14. The predicted octanol–water partition coefficient (Wildman–Crippen LogP) is 2.24. The van der Waals surface area contributed by atoms with Gasteiger partial charge in [0.25, 0.3) is 0 Å². The molecule has 0 heterocycles. The summed E-state index contributed by atoms with van der Waals surface area (Å²) in [7, 11) is 0. The molecule has 72 valence electrons. The Balaban J connectivity index is 0.000000845. The summed E-state index contributed by atoms with van der Waals surface area (Å²) in [5.41, 5.74) is 7.03. The number of benzene rings is 1. The van der Waals surface area contributed by atoms with E-state index in [1.807, 2.05) is 12.1 Å². The van der Waals surface area contributed by atoms with Gasteiger partial charge in [-0.1, -0.05) is 19.1 Å². The summed E-state index contributed by atoms with van der Waals surface area (Å²) in [6.07, 6.45) is 1.01. The van der Waals surface area contributed by atoms with Crippen LogP contribution in [0.4, 0.5) is 4.39 Å². The molecule has 0 unspecified atom stereocenters. The van der Waals surface area contributed by atoms with Gasteiger partial charge in [-0.2, -0.15) is 0 Å². The van der Waals surface area contributed by atoms with Crippen LogP contribution in [0, 0.1) is 5.82 Å². The van der Waals surface area contributed by atoms with Crippen LogP contribution >= 0.6 is 12.4 Å². The molecule has 0 radical (unpaired) electrons. The normalized spacial score (nSPS) is 30.8. The van der Waals surface area contributed by atoms with E-state index in [1.165, 1.54) is 12.1 Å². The Morgan fingerprint density at radius 2 is 1.85 bits per heavy atom. The lowest BCUT2D eigenvalue weighted by atomic mass is 9.98. The highest BCUT2D eigenvalue weighted by atomic mass is 35.5. The van der Waals surface area contributed by atoms with E-state index in [1.54, 1.807) is 0 Å². The highest BCUT2D eigenvalue weighted by molar-refractivity contribution is 5.85. The lowest BCUT2D eigenvalue weighted by Gasteiger charge is -2.08. The third kappa shape index (κ3) is 1.69. The van der Waals surface area contributed by atoms with Crippen molar-refractivity contribution in [1.29, 1.82) is 0 Å². The molecule has 2 N–H and O–H groups in total. The van der Waals surface area contributed by atoms with Gasteiger partial charge in [0.15, 0.2) is 0 Å². The number of hydrogen-bond acceptors (Lipinski definition) is 1. The molecule has 0 spiro atoms. The van der Waals surface area contributed by atoms with E-state index in [2.05, 4.69) is 6.92 Å². The van der Waals surface area contributed by atoms with E-state index in [0.717, 1.165) is 12.0 Å². The SMILES string of the molecule is C[C@]1(c2ccc(F)cc2)C[C@@H]1N.Cl. The third-order valence-electron chi connectivity index (χ3n) is 2.81. The average Bonchev–Trinajstić information content (AvgIpc) is 2.62. The quantitative estimate of drug-likeness (QED) is 0.741. The van der Waals surface area contributed by atoms with Gasteiger partial charge < -0.3 is 5.73 Å².